The average molecular weight is 488 g/mol. The fraction of sp³-hybridized carbons (Fsp3) is 0.148. The van der Waals surface area contributed by atoms with Crippen LogP contribution in [-0.4, -0.2) is 23.0 Å². The zero-order valence-corrected chi connectivity index (χ0v) is 20.6. The highest BCUT2D eigenvalue weighted by Gasteiger charge is 2.36. The number of carbonyl (C=O) groups excluding carboxylic acids is 1. The number of likely N-dealkylation sites (N-methyl/N-ethyl adjacent to an activating group) is 1. The van der Waals surface area contributed by atoms with Gasteiger partial charge in [-0.05, 0) is 79.2 Å². The van der Waals surface area contributed by atoms with Crippen molar-refractivity contribution in [2.24, 2.45) is 0 Å². The molecular weight excluding hydrogens is 466 g/mol. The van der Waals surface area contributed by atoms with Crippen LogP contribution >= 0.6 is 23.8 Å². The van der Waals surface area contributed by atoms with Crippen LogP contribution in [0.2, 0.25) is 5.02 Å². The van der Waals surface area contributed by atoms with E-state index in [1.807, 2.05) is 56.3 Å². The van der Waals surface area contributed by atoms with E-state index < -0.39 is 0 Å². The second kappa shape index (κ2) is 9.68. The van der Waals surface area contributed by atoms with E-state index in [0.717, 1.165) is 27.9 Å². The summed E-state index contributed by atoms with van der Waals surface area (Å²) in [6, 6.07) is 20.6. The minimum Gasteiger partial charge on any atom is -0.487 e. The molecule has 7 heteroatoms. The average Bonchev–Trinajstić information content (AvgIpc) is 3.03. The number of ether oxygens (including phenoxy) is 1. The molecule has 0 N–H and O–H groups in total. The Morgan fingerprint density at radius 3 is 2.56 bits per heavy atom. The number of hydrogen-bond acceptors (Lipinski definition) is 4. The minimum atomic E-state index is -0.194. The first-order valence-corrected chi connectivity index (χ1v) is 11.4. The zero-order chi connectivity index (χ0) is 24.4. The monoisotopic (exact) mass is 487 g/mol. The summed E-state index contributed by atoms with van der Waals surface area (Å²) < 4.78 is 5.84. The Morgan fingerprint density at radius 1 is 1.09 bits per heavy atom. The number of benzene rings is 3. The molecule has 1 aliphatic heterocycles. The molecule has 3 aromatic rings. The van der Waals surface area contributed by atoms with Crippen molar-refractivity contribution in [3.05, 3.63) is 99.2 Å². The Kier molecular flexibility index (Phi) is 6.69. The van der Waals surface area contributed by atoms with Gasteiger partial charge in [0, 0.05) is 12.6 Å². The summed E-state index contributed by atoms with van der Waals surface area (Å²) in [4.78, 5) is 16.5. The lowest BCUT2D eigenvalue weighted by Gasteiger charge is -2.17. The van der Waals surface area contributed by atoms with Crippen LogP contribution in [0.4, 0.5) is 5.69 Å². The number of carbonyl (C=O) groups is 1. The second-order valence-corrected chi connectivity index (χ2v) is 8.80. The summed E-state index contributed by atoms with van der Waals surface area (Å²) in [5.74, 6) is 0.301. The van der Waals surface area contributed by atoms with E-state index in [4.69, 9.17) is 28.6 Å². The normalized spacial score (nSPS) is 14.6. The first kappa shape index (κ1) is 23.5. The molecular formula is C27H22ClN3O2S. The number of thiocarbonyl (C=S) groups is 1. The summed E-state index contributed by atoms with van der Waals surface area (Å²) in [7, 11) is 1.78. The van der Waals surface area contributed by atoms with Gasteiger partial charge < -0.3 is 9.64 Å². The van der Waals surface area contributed by atoms with Crippen LogP contribution in [0.3, 0.4) is 0 Å². The maximum atomic E-state index is 13.2. The van der Waals surface area contributed by atoms with E-state index in [2.05, 4.69) is 6.07 Å². The summed E-state index contributed by atoms with van der Waals surface area (Å²) in [5, 5.41) is 10.1. The van der Waals surface area contributed by atoms with Gasteiger partial charge in [-0.3, -0.25) is 9.69 Å². The lowest BCUT2D eigenvalue weighted by Crippen LogP contribution is -2.31. The van der Waals surface area contributed by atoms with E-state index in [1.165, 1.54) is 0 Å². The Hall–Kier alpha value is -3.66. The molecule has 0 spiro atoms. The van der Waals surface area contributed by atoms with Gasteiger partial charge in [-0.25, -0.2) is 0 Å². The van der Waals surface area contributed by atoms with Crippen molar-refractivity contribution in [2.45, 2.75) is 20.5 Å². The zero-order valence-electron chi connectivity index (χ0n) is 19.0. The minimum absolute atomic E-state index is 0.194. The van der Waals surface area contributed by atoms with Crippen molar-refractivity contribution in [2.75, 3.05) is 11.9 Å². The largest absolute Gasteiger partial charge is 0.487 e. The molecule has 170 valence electrons. The van der Waals surface area contributed by atoms with Crippen molar-refractivity contribution < 1.29 is 9.53 Å². The van der Waals surface area contributed by atoms with Gasteiger partial charge in [0.2, 0.25) is 0 Å². The fourth-order valence-corrected chi connectivity index (χ4v) is 4.17. The maximum Gasteiger partial charge on any atom is 0.281 e. The Balaban J connectivity index is 1.56. The Bertz CT molecular complexity index is 1380. The van der Waals surface area contributed by atoms with Crippen molar-refractivity contribution in [1.82, 2.24) is 4.90 Å². The molecule has 34 heavy (non-hydrogen) atoms. The second-order valence-electron chi connectivity index (χ2n) is 8.03. The molecule has 0 unspecified atom stereocenters. The van der Waals surface area contributed by atoms with Crippen LogP contribution < -0.4 is 9.64 Å². The van der Waals surface area contributed by atoms with Gasteiger partial charge in [-0.15, -0.1) is 0 Å². The molecule has 0 bridgehead atoms. The summed E-state index contributed by atoms with van der Waals surface area (Å²) in [5.41, 5.74) is 5.53. The number of aryl methyl sites for hydroxylation is 2. The number of anilines is 1. The van der Waals surface area contributed by atoms with Crippen LogP contribution in [0, 0.1) is 25.2 Å². The maximum absolute atomic E-state index is 13.2. The summed E-state index contributed by atoms with van der Waals surface area (Å²) in [6.45, 7) is 4.26. The Labute approximate surface area is 209 Å². The van der Waals surface area contributed by atoms with Crippen LogP contribution in [0.15, 0.2) is 66.4 Å². The molecule has 3 aromatic carbocycles. The molecule has 0 aliphatic carbocycles. The number of halogens is 1. The molecule has 1 aliphatic rings. The number of hydrogen-bond donors (Lipinski definition) is 0. The van der Waals surface area contributed by atoms with Crippen molar-refractivity contribution in [1.29, 1.82) is 5.26 Å². The molecule has 0 atom stereocenters. The quantitative estimate of drug-likeness (QED) is 0.326. The van der Waals surface area contributed by atoms with Gasteiger partial charge in [-0.1, -0.05) is 41.9 Å². The van der Waals surface area contributed by atoms with E-state index in [9.17, 15) is 10.1 Å². The van der Waals surface area contributed by atoms with Crippen molar-refractivity contribution >= 4 is 46.6 Å². The van der Waals surface area contributed by atoms with Gasteiger partial charge in [0.05, 0.1) is 22.3 Å². The van der Waals surface area contributed by atoms with Crippen LogP contribution in [0.1, 0.15) is 27.8 Å². The van der Waals surface area contributed by atoms with Gasteiger partial charge >= 0.3 is 0 Å². The van der Waals surface area contributed by atoms with E-state index in [1.54, 1.807) is 41.1 Å². The third-order valence-corrected chi connectivity index (χ3v) is 6.54. The van der Waals surface area contributed by atoms with Crippen molar-refractivity contribution in [3.8, 4) is 11.8 Å². The standard InChI is InChI=1S/C27H22ClN3O2S/c1-17-8-10-22(12-18(17)2)31-26(32)24(30(3)27(31)34)14-19-9-11-25(23(28)13-19)33-16-21-7-5-4-6-20(21)15-29/h4-14H,16H2,1-3H3. The van der Waals surface area contributed by atoms with E-state index in [0.29, 0.717) is 27.1 Å². The van der Waals surface area contributed by atoms with E-state index in [-0.39, 0.29) is 12.5 Å². The first-order chi connectivity index (χ1) is 16.3. The molecule has 1 fully saturated rings. The number of nitriles is 1. The van der Waals surface area contributed by atoms with Crippen LogP contribution in [0.5, 0.6) is 5.75 Å². The number of amides is 1. The molecule has 0 aromatic heterocycles. The third-order valence-electron chi connectivity index (χ3n) is 5.79. The molecule has 0 radical (unpaired) electrons. The van der Waals surface area contributed by atoms with Crippen LogP contribution in [-0.2, 0) is 11.4 Å². The molecule has 1 saturated heterocycles. The van der Waals surface area contributed by atoms with E-state index >= 15 is 0 Å². The molecule has 0 saturated carbocycles. The summed E-state index contributed by atoms with van der Waals surface area (Å²) >= 11 is 12.0. The highest BCUT2D eigenvalue weighted by Crippen LogP contribution is 2.31. The highest BCUT2D eigenvalue weighted by atomic mass is 35.5. The molecule has 1 amide bonds. The third kappa shape index (κ3) is 4.54. The lowest BCUT2D eigenvalue weighted by molar-refractivity contribution is -0.114. The Morgan fingerprint density at radius 2 is 1.85 bits per heavy atom. The molecule has 1 heterocycles. The predicted octanol–water partition coefficient (Wildman–Crippen LogP) is 6.01. The lowest BCUT2D eigenvalue weighted by atomic mass is 10.1. The van der Waals surface area contributed by atoms with Gasteiger partial charge in [0.1, 0.15) is 18.1 Å². The fourth-order valence-electron chi connectivity index (χ4n) is 3.64. The van der Waals surface area contributed by atoms with Crippen molar-refractivity contribution in [3.63, 3.8) is 0 Å². The van der Waals surface area contributed by atoms with Gasteiger partial charge in [0.15, 0.2) is 5.11 Å². The number of nitrogens with zero attached hydrogens (tertiary/aromatic N) is 3. The predicted molar refractivity (Wildman–Crippen MR) is 139 cm³/mol. The highest BCUT2D eigenvalue weighted by molar-refractivity contribution is 7.80. The molecule has 5 nitrogen and oxygen atoms in total. The topological polar surface area (TPSA) is 56.6 Å². The molecule has 4 rings (SSSR count). The summed E-state index contributed by atoms with van der Waals surface area (Å²) in [6.07, 6.45) is 1.76. The van der Waals surface area contributed by atoms with Crippen LogP contribution in [0.25, 0.3) is 6.08 Å². The SMILES string of the molecule is Cc1ccc(N2C(=O)C(=Cc3ccc(OCc4ccccc4C#N)c(Cl)c3)N(C)C2=S)cc1C. The smallest absolute Gasteiger partial charge is 0.281 e. The van der Waals surface area contributed by atoms with Gasteiger partial charge in [-0.2, -0.15) is 5.26 Å². The van der Waals surface area contributed by atoms with Gasteiger partial charge in [0.25, 0.3) is 5.91 Å². The first-order valence-electron chi connectivity index (χ1n) is 10.6. The number of rotatable bonds is 5.